The molecule has 1 unspecified atom stereocenters. The Morgan fingerprint density at radius 3 is 2.73 bits per heavy atom. The van der Waals surface area contributed by atoms with Crippen LogP contribution in [0.5, 0.6) is 0 Å². The van der Waals surface area contributed by atoms with Crippen molar-refractivity contribution in [3.63, 3.8) is 0 Å². The Morgan fingerprint density at radius 2 is 2.33 bits per heavy atom. The number of nitrogens with one attached hydrogen (secondary N) is 1. The Balaban J connectivity index is 2.72. The summed E-state index contributed by atoms with van der Waals surface area (Å²) in [6.45, 7) is 4.06. The summed E-state index contributed by atoms with van der Waals surface area (Å²) in [5.41, 5.74) is 3.49. The lowest BCUT2D eigenvalue weighted by Crippen LogP contribution is -2.35. The van der Waals surface area contributed by atoms with Crippen LogP contribution in [0.25, 0.3) is 0 Å². The fourth-order valence-electron chi connectivity index (χ4n) is 1.44. The van der Waals surface area contributed by atoms with E-state index in [0.717, 1.165) is 12.1 Å². The van der Waals surface area contributed by atoms with Crippen molar-refractivity contribution in [2.75, 3.05) is 7.11 Å². The summed E-state index contributed by atoms with van der Waals surface area (Å²) in [7, 11) is 3.59. The van der Waals surface area contributed by atoms with E-state index < -0.39 is 0 Å². The minimum Gasteiger partial charge on any atom is -0.379 e. The van der Waals surface area contributed by atoms with Crippen LogP contribution in [-0.4, -0.2) is 22.5 Å². The van der Waals surface area contributed by atoms with E-state index in [9.17, 15) is 0 Å². The zero-order chi connectivity index (χ0) is 11.5. The molecule has 0 saturated carbocycles. The highest BCUT2D eigenvalue weighted by atomic mass is 16.5. The predicted octanol–water partition coefficient (Wildman–Crippen LogP) is 0.740. The smallest absolute Gasteiger partial charge is 0.0808 e. The Bertz CT molecular complexity index is 308. The summed E-state index contributed by atoms with van der Waals surface area (Å²) in [5.74, 6) is 5.52. The second kappa shape index (κ2) is 4.74. The fraction of sp³-hybridized carbons (Fsp3) is 0.700. The van der Waals surface area contributed by atoms with E-state index in [0.29, 0.717) is 0 Å². The van der Waals surface area contributed by atoms with E-state index in [1.54, 1.807) is 11.8 Å². The molecule has 15 heavy (non-hydrogen) atoms. The van der Waals surface area contributed by atoms with Crippen molar-refractivity contribution < 1.29 is 4.74 Å². The third-order valence-corrected chi connectivity index (χ3v) is 2.54. The Kier molecular flexibility index (Phi) is 3.84. The van der Waals surface area contributed by atoms with Crippen LogP contribution >= 0.6 is 0 Å². The van der Waals surface area contributed by atoms with Crippen molar-refractivity contribution >= 4 is 0 Å². The predicted molar refractivity (Wildman–Crippen MR) is 59.0 cm³/mol. The quantitative estimate of drug-likeness (QED) is 0.558. The first-order valence-electron chi connectivity index (χ1n) is 4.99. The molecule has 3 N–H and O–H groups in total. The number of ether oxygens (including phenoxy) is 1. The van der Waals surface area contributed by atoms with E-state index in [2.05, 4.69) is 10.5 Å². The van der Waals surface area contributed by atoms with Gasteiger partial charge in [-0.15, -0.1) is 0 Å². The Labute approximate surface area is 90.6 Å². The number of nitrogens with two attached hydrogens (primary N) is 1. The average molecular weight is 212 g/mol. The van der Waals surface area contributed by atoms with Gasteiger partial charge in [-0.05, 0) is 26.3 Å². The van der Waals surface area contributed by atoms with E-state index in [-0.39, 0.29) is 11.6 Å². The third-order valence-electron chi connectivity index (χ3n) is 2.54. The number of aromatic nitrogens is 2. The standard InChI is InChI=1S/C10H20N4O/c1-10(2,15-4)7-9(12-11)8-5-6-14(3)13-8/h5-6,9,12H,7,11H2,1-4H3. The Morgan fingerprint density at radius 1 is 1.67 bits per heavy atom. The van der Waals surface area contributed by atoms with Crippen LogP contribution in [0.1, 0.15) is 32.0 Å². The maximum atomic E-state index is 5.52. The lowest BCUT2D eigenvalue weighted by molar-refractivity contribution is 0.00642. The highest BCUT2D eigenvalue weighted by Crippen LogP contribution is 2.23. The van der Waals surface area contributed by atoms with Gasteiger partial charge in [0.25, 0.3) is 0 Å². The number of rotatable bonds is 5. The van der Waals surface area contributed by atoms with Crippen molar-refractivity contribution in [1.29, 1.82) is 0 Å². The summed E-state index contributed by atoms with van der Waals surface area (Å²) in [5, 5.41) is 4.32. The topological polar surface area (TPSA) is 65.1 Å². The van der Waals surface area contributed by atoms with Gasteiger partial charge in [0, 0.05) is 20.4 Å². The molecule has 0 aliphatic heterocycles. The SMILES string of the molecule is COC(C)(C)CC(NN)c1ccn(C)n1. The van der Waals surface area contributed by atoms with Crippen LogP contribution in [0.2, 0.25) is 0 Å². The van der Waals surface area contributed by atoms with Crippen LogP contribution in [-0.2, 0) is 11.8 Å². The lowest BCUT2D eigenvalue weighted by atomic mass is 9.97. The summed E-state index contributed by atoms with van der Waals surface area (Å²) >= 11 is 0. The fourth-order valence-corrected chi connectivity index (χ4v) is 1.44. The van der Waals surface area contributed by atoms with Gasteiger partial charge < -0.3 is 4.74 Å². The molecule has 1 heterocycles. The summed E-state index contributed by atoms with van der Waals surface area (Å²) < 4.78 is 7.13. The van der Waals surface area contributed by atoms with Crippen molar-refractivity contribution in [2.45, 2.75) is 31.9 Å². The first-order chi connectivity index (χ1) is 6.98. The molecule has 5 nitrogen and oxygen atoms in total. The number of hydrazine groups is 1. The molecule has 1 aromatic rings. The van der Waals surface area contributed by atoms with Crippen LogP contribution in [0.4, 0.5) is 0 Å². The van der Waals surface area contributed by atoms with Crippen molar-refractivity contribution in [3.8, 4) is 0 Å². The first-order valence-corrected chi connectivity index (χ1v) is 4.99. The van der Waals surface area contributed by atoms with Gasteiger partial charge in [0.15, 0.2) is 0 Å². The molecule has 0 aliphatic rings. The van der Waals surface area contributed by atoms with E-state index in [1.165, 1.54) is 0 Å². The van der Waals surface area contributed by atoms with Crippen LogP contribution in [0.3, 0.4) is 0 Å². The largest absolute Gasteiger partial charge is 0.379 e. The van der Waals surface area contributed by atoms with Gasteiger partial charge >= 0.3 is 0 Å². The molecule has 0 saturated heterocycles. The van der Waals surface area contributed by atoms with Crippen molar-refractivity contribution in [1.82, 2.24) is 15.2 Å². The number of hydrogen-bond donors (Lipinski definition) is 2. The van der Waals surface area contributed by atoms with Gasteiger partial charge in [-0.2, -0.15) is 5.10 Å². The molecule has 0 spiro atoms. The van der Waals surface area contributed by atoms with Crippen molar-refractivity contribution in [3.05, 3.63) is 18.0 Å². The number of nitrogens with zero attached hydrogens (tertiary/aromatic N) is 2. The maximum absolute atomic E-state index is 5.52. The highest BCUT2D eigenvalue weighted by Gasteiger charge is 2.24. The molecule has 0 aliphatic carbocycles. The molecule has 0 radical (unpaired) electrons. The van der Waals surface area contributed by atoms with Gasteiger partial charge in [-0.3, -0.25) is 16.0 Å². The molecule has 1 atom stereocenters. The molecule has 0 fully saturated rings. The third kappa shape index (κ3) is 3.30. The maximum Gasteiger partial charge on any atom is 0.0808 e. The van der Waals surface area contributed by atoms with Crippen LogP contribution < -0.4 is 11.3 Å². The molecular formula is C10H20N4O. The van der Waals surface area contributed by atoms with E-state index in [1.807, 2.05) is 33.2 Å². The number of methoxy groups -OCH3 is 1. The van der Waals surface area contributed by atoms with Gasteiger partial charge in [0.1, 0.15) is 0 Å². The van der Waals surface area contributed by atoms with Crippen LogP contribution in [0, 0.1) is 0 Å². The van der Waals surface area contributed by atoms with Crippen LogP contribution in [0.15, 0.2) is 12.3 Å². The molecule has 0 amide bonds. The molecule has 86 valence electrons. The van der Waals surface area contributed by atoms with E-state index >= 15 is 0 Å². The lowest BCUT2D eigenvalue weighted by Gasteiger charge is -2.27. The molecule has 1 aromatic heterocycles. The zero-order valence-corrected chi connectivity index (χ0v) is 9.82. The first kappa shape index (κ1) is 12.2. The van der Waals surface area contributed by atoms with Gasteiger partial charge in [0.05, 0.1) is 17.3 Å². The summed E-state index contributed by atoms with van der Waals surface area (Å²) in [6.07, 6.45) is 2.68. The monoisotopic (exact) mass is 212 g/mol. The molecule has 5 heteroatoms. The summed E-state index contributed by atoms with van der Waals surface area (Å²) in [6, 6.07) is 1.97. The molecule has 0 aromatic carbocycles. The number of aryl methyl sites for hydroxylation is 1. The minimum absolute atomic E-state index is 0.0150. The molecular weight excluding hydrogens is 192 g/mol. The Hall–Kier alpha value is -0.910. The average Bonchev–Trinajstić information content (AvgIpc) is 2.61. The highest BCUT2D eigenvalue weighted by molar-refractivity contribution is 5.06. The minimum atomic E-state index is -0.214. The zero-order valence-electron chi connectivity index (χ0n) is 9.82. The molecule has 0 bridgehead atoms. The van der Waals surface area contributed by atoms with Gasteiger partial charge in [-0.1, -0.05) is 0 Å². The van der Waals surface area contributed by atoms with E-state index in [4.69, 9.17) is 10.6 Å². The normalized spacial score (nSPS) is 14.2. The van der Waals surface area contributed by atoms with Crippen molar-refractivity contribution in [2.24, 2.45) is 12.9 Å². The number of hydrogen-bond acceptors (Lipinski definition) is 4. The summed E-state index contributed by atoms with van der Waals surface area (Å²) in [4.78, 5) is 0. The van der Waals surface area contributed by atoms with Gasteiger partial charge in [0.2, 0.25) is 0 Å². The van der Waals surface area contributed by atoms with Gasteiger partial charge in [-0.25, -0.2) is 0 Å². The second-order valence-electron chi connectivity index (χ2n) is 4.30. The second-order valence-corrected chi connectivity index (χ2v) is 4.30. The molecule has 1 rings (SSSR count).